The van der Waals surface area contributed by atoms with Crippen molar-refractivity contribution in [1.82, 2.24) is 0 Å². The third-order valence-corrected chi connectivity index (χ3v) is 3.25. The number of rotatable bonds is 7. The molecule has 0 unspecified atom stereocenters. The molecule has 0 radical (unpaired) electrons. The fourth-order valence-electron chi connectivity index (χ4n) is 2.45. The molecule has 0 atom stereocenters. The van der Waals surface area contributed by atoms with Gasteiger partial charge in [0.2, 0.25) is 0 Å². The first-order valence-electron chi connectivity index (χ1n) is 6.08. The van der Waals surface area contributed by atoms with Gasteiger partial charge in [-0.3, -0.25) is 0 Å². The minimum atomic E-state index is 0.137. The lowest BCUT2D eigenvalue weighted by atomic mass is 9.94. The fraction of sp³-hybridized carbons (Fsp3) is 1.00. The lowest BCUT2D eigenvalue weighted by Gasteiger charge is -2.29. The smallest absolute Gasteiger partial charge is 0.0705 e. The molecule has 1 fully saturated rings. The van der Waals surface area contributed by atoms with E-state index < -0.39 is 0 Å². The van der Waals surface area contributed by atoms with Crippen molar-refractivity contribution in [1.29, 1.82) is 0 Å². The maximum atomic E-state index is 8.79. The molecule has 0 amide bonds. The predicted molar refractivity (Wildman–Crippen MR) is 58.4 cm³/mol. The monoisotopic (exact) mass is 200 g/mol. The zero-order valence-electron chi connectivity index (χ0n) is 9.43. The lowest BCUT2D eigenvalue weighted by Crippen LogP contribution is -2.30. The molecule has 0 bridgehead atoms. The Morgan fingerprint density at radius 1 is 1.21 bits per heavy atom. The minimum absolute atomic E-state index is 0.137. The summed E-state index contributed by atoms with van der Waals surface area (Å²) in [4.78, 5) is 0. The molecule has 0 saturated heterocycles. The second kappa shape index (κ2) is 6.41. The van der Waals surface area contributed by atoms with Crippen LogP contribution >= 0.6 is 0 Å². The Labute approximate surface area is 87.7 Å². The fourth-order valence-corrected chi connectivity index (χ4v) is 2.45. The summed E-state index contributed by atoms with van der Waals surface area (Å²) in [5.41, 5.74) is 0.137. The normalized spacial score (nSPS) is 20.1. The van der Waals surface area contributed by atoms with Crippen molar-refractivity contribution in [3.63, 3.8) is 0 Å². The second-order valence-electron chi connectivity index (χ2n) is 4.42. The van der Waals surface area contributed by atoms with E-state index in [0.717, 1.165) is 0 Å². The average molecular weight is 200 g/mol. The van der Waals surface area contributed by atoms with Gasteiger partial charge in [0, 0.05) is 0 Å². The van der Waals surface area contributed by atoms with Crippen LogP contribution in [0.15, 0.2) is 0 Å². The van der Waals surface area contributed by atoms with Crippen LogP contribution < -0.4 is 0 Å². The number of unbranched alkanes of at least 4 members (excludes halogenated alkanes) is 2. The van der Waals surface area contributed by atoms with Crippen LogP contribution in [0.4, 0.5) is 0 Å². The maximum absolute atomic E-state index is 8.79. The average Bonchev–Trinajstić information content (AvgIpc) is 2.65. The molecule has 0 aromatic carbocycles. The number of hydrogen-bond donors (Lipinski definition) is 1. The van der Waals surface area contributed by atoms with E-state index >= 15 is 0 Å². The van der Waals surface area contributed by atoms with Crippen molar-refractivity contribution in [2.75, 3.05) is 13.2 Å². The summed E-state index contributed by atoms with van der Waals surface area (Å²) >= 11 is 0. The molecule has 84 valence electrons. The molecule has 1 saturated carbocycles. The maximum Gasteiger partial charge on any atom is 0.0705 e. The molecule has 0 spiro atoms. The molecule has 14 heavy (non-hydrogen) atoms. The number of hydrogen-bond acceptors (Lipinski definition) is 2. The Bertz CT molecular complexity index is 139. The summed E-state index contributed by atoms with van der Waals surface area (Å²) in [6.45, 7) is 2.91. The molecule has 2 nitrogen and oxygen atoms in total. The zero-order chi connectivity index (χ0) is 10.3. The van der Waals surface area contributed by atoms with E-state index in [1.165, 1.54) is 51.4 Å². The van der Waals surface area contributed by atoms with E-state index in [4.69, 9.17) is 9.84 Å². The summed E-state index contributed by atoms with van der Waals surface area (Å²) in [7, 11) is 0. The summed E-state index contributed by atoms with van der Waals surface area (Å²) in [6.07, 6.45) is 10.1. The quantitative estimate of drug-likeness (QED) is 0.640. The molecule has 2 heteroatoms. The third-order valence-electron chi connectivity index (χ3n) is 3.25. The number of aliphatic hydroxyl groups excluding tert-OH is 1. The van der Waals surface area contributed by atoms with Gasteiger partial charge in [-0.1, -0.05) is 39.0 Å². The molecule has 0 aromatic rings. The Kier molecular flexibility index (Phi) is 5.49. The van der Waals surface area contributed by atoms with Crippen LogP contribution in [0, 0.1) is 0 Å². The summed E-state index contributed by atoms with van der Waals surface area (Å²) in [5, 5.41) is 8.79. The Morgan fingerprint density at radius 2 is 1.93 bits per heavy atom. The highest BCUT2D eigenvalue weighted by Crippen LogP contribution is 2.37. The van der Waals surface area contributed by atoms with Crippen molar-refractivity contribution >= 4 is 0 Å². The van der Waals surface area contributed by atoms with Gasteiger partial charge >= 0.3 is 0 Å². The minimum Gasteiger partial charge on any atom is -0.394 e. The van der Waals surface area contributed by atoms with E-state index in [1.807, 2.05) is 0 Å². The molecule has 1 N–H and O–H groups in total. The van der Waals surface area contributed by atoms with Gasteiger partial charge in [0.15, 0.2) is 0 Å². The predicted octanol–water partition coefficient (Wildman–Crippen LogP) is 2.89. The van der Waals surface area contributed by atoms with Gasteiger partial charge in [-0.15, -0.1) is 0 Å². The Balaban J connectivity index is 2.28. The number of aliphatic hydroxyl groups is 1. The van der Waals surface area contributed by atoms with Crippen LogP contribution in [0.3, 0.4) is 0 Å². The summed E-state index contributed by atoms with van der Waals surface area (Å²) in [6, 6.07) is 0. The Morgan fingerprint density at radius 3 is 2.50 bits per heavy atom. The lowest BCUT2D eigenvalue weighted by molar-refractivity contribution is -0.0602. The molecular weight excluding hydrogens is 176 g/mol. The molecule has 1 aliphatic carbocycles. The standard InChI is InChI=1S/C12H24O2/c1-2-3-4-7-12(14-11-10-13)8-5-6-9-12/h13H,2-11H2,1H3. The second-order valence-corrected chi connectivity index (χ2v) is 4.42. The molecule has 0 aliphatic heterocycles. The van der Waals surface area contributed by atoms with Crippen molar-refractivity contribution in [2.45, 2.75) is 63.9 Å². The van der Waals surface area contributed by atoms with Gasteiger partial charge in [-0.05, 0) is 19.3 Å². The zero-order valence-corrected chi connectivity index (χ0v) is 9.43. The first-order chi connectivity index (χ1) is 6.83. The van der Waals surface area contributed by atoms with Gasteiger partial charge in [0.25, 0.3) is 0 Å². The highest BCUT2D eigenvalue weighted by Gasteiger charge is 2.33. The molecule has 1 rings (SSSR count). The molecule has 1 aliphatic rings. The van der Waals surface area contributed by atoms with Crippen LogP contribution in [-0.2, 0) is 4.74 Å². The van der Waals surface area contributed by atoms with Gasteiger partial charge in [-0.25, -0.2) is 0 Å². The highest BCUT2D eigenvalue weighted by molar-refractivity contribution is 4.86. The SMILES string of the molecule is CCCCCC1(OCCO)CCCC1. The van der Waals surface area contributed by atoms with Gasteiger partial charge < -0.3 is 9.84 Å². The molecule has 0 aromatic heterocycles. The van der Waals surface area contributed by atoms with Crippen LogP contribution in [-0.4, -0.2) is 23.9 Å². The van der Waals surface area contributed by atoms with Crippen LogP contribution in [0.25, 0.3) is 0 Å². The van der Waals surface area contributed by atoms with Crippen LogP contribution in [0.5, 0.6) is 0 Å². The van der Waals surface area contributed by atoms with E-state index in [-0.39, 0.29) is 12.2 Å². The van der Waals surface area contributed by atoms with E-state index in [9.17, 15) is 0 Å². The third kappa shape index (κ3) is 3.58. The van der Waals surface area contributed by atoms with E-state index in [2.05, 4.69) is 6.92 Å². The van der Waals surface area contributed by atoms with Gasteiger partial charge in [0.1, 0.15) is 0 Å². The Hall–Kier alpha value is -0.0800. The van der Waals surface area contributed by atoms with Crippen LogP contribution in [0.1, 0.15) is 58.3 Å². The summed E-state index contributed by atoms with van der Waals surface area (Å²) < 4.78 is 5.84. The largest absolute Gasteiger partial charge is 0.394 e. The number of ether oxygens (including phenoxy) is 1. The first-order valence-corrected chi connectivity index (χ1v) is 6.08. The van der Waals surface area contributed by atoms with Gasteiger partial charge in [-0.2, -0.15) is 0 Å². The van der Waals surface area contributed by atoms with E-state index in [0.29, 0.717) is 6.61 Å². The molecular formula is C12H24O2. The topological polar surface area (TPSA) is 29.5 Å². The summed E-state index contributed by atoms with van der Waals surface area (Å²) in [5.74, 6) is 0. The van der Waals surface area contributed by atoms with Crippen molar-refractivity contribution in [3.8, 4) is 0 Å². The van der Waals surface area contributed by atoms with Crippen molar-refractivity contribution in [3.05, 3.63) is 0 Å². The molecule has 0 heterocycles. The van der Waals surface area contributed by atoms with Gasteiger partial charge in [0.05, 0.1) is 18.8 Å². The van der Waals surface area contributed by atoms with Crippen molar-refractivity contribution < 1.29 is 9.84 Å². The first kappa shape index (κ1) is 12.0. The van der Waals surface area contributed by atoms with Crippen LogP contribution in [0.2, 0.25) is 0 Å². The van der Waals surface area contributed by atoms with E-state index in [1.54, 1.807) is 0 Å². The highest BCUT2D eigenvalue weighted by atomic mass is 16.5. The van der Waals surface area contributed by atoms with Crippen molar-refractivity contribution in [2.24, 2.45) is 0 Å².